The molecule has 106 valence electrons. The zero-order chi connectivity index (χ0) is 14.7. The Morgan fingerprint density at radius 1 is 1.40 bits per heavy atom. The number of halogens is 2. The van der Waals surface area contributed by atoms with Crippen molar-refractivity contribution in [3.63, 3.8) is 0 Å². The number of aliphatic hydroxyl groups excluding tert-OH is 1. The third-order valence-corrected chi connectivity index (χ3v) is 3.52. The Balaban J connectivity index is 2.02. The maximum atomic E-state index is 12.0. The molecule has 0 saturated heterocycles. The predicted molar refractivity (Wildman–Crippen MR) is 79.2 cm³/mol. The van der Waals surface area contributed by atoms with E-state index in [1.54, 1.807) is 22.8 Å². The van der Waals surface area contributed by atoms with Gasteiger partial charge in [-0.25, -0.2) is 0 Å². The second-order valence-corrected chi connectivity index (χ2v) is 5.24. The summed E-state index contributed by atoms with van der Waals surface area (Å²) in [5.74, 6) is -0.370. The highest BCUT2D eigenvalue weighted by Crippen LogP contribution is 2.20. The third kappa shape index (κ3) is 3.33. The van der Waals surface area contributed by atoms with Crippen molar-refractivity contribution < 1.29 is 9.90 Å². The van der Waals surface area contributed by atoms with Crippen LogP contribution in [-0.4, -0.2) is 22.1 Å². The normalized spacial score (nSPS) is 12.2. The van der Waals surface area contributed by atoms with E-state index in [4.69, 9.17) is 23.2 Å². The summed E-state index contributed by atoms with van der Waals surface area (Å²) in [6, 6.07) is 8.29. The molecule has 2 N–H and O–H groups in total. The number of benzene rings is 1. The van der Waals surface area contributed by atoms with E-state index in [9.17, 15) is 9.90 Å². The Kier molecular flexibility index (Phi) is 4.70. The number of carbonyl (C=O) groups excluding carboxylic acids is 1. The molecule has 20 heavy (non-hydrogen) atoms. The van der Waals surface area contributed by atoms with Crippen LogP contribution in [0.2, 0.25) is 10.0 Å². The minimum Gasteiger partial charge on any atom is -0.385 e. The van der Waals surface area contributed by atoms with Crippen LogP contribution >= 0.6 is 23.2 Å². The number of carbonyl (C=O) groups is 1. The molecule has 1 heterocycles. The van der Waals surface area contributed by atoms with E-state index in [-0.39, 0.29) is 12.5 Å². The Bertz CT molecular complexity index is 625. The lowest BCUT2D eigenvalue weighted by Gasteiger charge is -2.13. The molecule has 1 aromatic heterocycles. The van der Waals surface area contributed by atoms with Crippen molar-refractivity contribution in [2.45, 2.75) is 6.10 Å². The number of nitrogens with zero attached hydrogens (tertiary/aromatic N) is 1. The zero-order valence-corrected chi connectivity index (χ0v) is 12.3. The summed E-state index contributed by atoms with van der Waals surface area (Å²) in [5, 5.41) is 13.4. The van der Waals surface area contributed by atoms with Crippen molar-refractivity contribution in [3.8, 4) is 0 Å². The van der Waals surface area contributed by atoms with Gasteiger partial charge in [0.2, 0.25) is 0 Å². The van der Waals surface area contributed by atoms with Gasteiger partial charge in [-0.2, -0.15) is 0 Å². The topological polar surface area (TPSA) is 54.3 Å². The van der Waals surface area contributed by atoms with Crippen LogP contribution in [0.1, 0.15) is 22.2 Å². The first-order chi connectivity index (χ1) is 9.49. The fourth-order valence-corrected chi connectivity index (χ4v) is 2.26. The largest absolute Gasteiger partial charge is 0.385 e. The molecule has 0 saturated carbocycles. The van der Waals surface area contributed by atoms with Gasteiger partial charge in [0.15, 0.2) is 0 Å². The van der Waals surface area contributed by atoms with Gasteiger partial charge in [-0.3, -0.25) is 4.79 Å². The SMILES string of the molecule is Cn1cccc1C(O)CNC(=O)c1cc(Cl)ccc1Cl. The molecule has 2 aromatic rings. The minimum absolute atomic E-state index is 0.0968. The molecule has 6 heteroatoms. The maximum Gasteiger partial charge on any atom is 0.252 e. The van der Waals surface area contributed by atoms with Crippen molar-refractivity contribution >= 4 is 29.1 Å². The fourth-order valence-electron chi connectivity index (χ4n) is 1.88. The second-order valence-electron chi connectivity index (χ2n) is 4.39. The molecule has 1 atom stereocenters. The summed E-state index contributed by atoms with van der Waals surface area (Å²) < 4.78 is 1.79. The average molecular weight is 313 g/mol. The molecule has 0 bridgehead atoms. The minimum atomic E-state index is -0.781. The molecule has 2 rings (SSSR count). The van der Waals surface area contributed by atoms with Gasteiger partial charge in [0.1, 0.15) is 6.10 Å². The Hall–Kier alpha value is -1.49. The number of nitrogens with one attached hydrogen (secondary N) is 1. The average Bonchev–Trinajstić information content (AvgIpc) is 2.84. The van der Waals surface area contributed by atoms with Crippen LogP contribution in [0.25, 0.3) is 0 Å². The van der Waals surface area contributed by atoms with E-state index in [1.807, 2.05) is 19.3 Å². The van der Waals surface area contributed by atoms with Crippen molar-refractivity contribution in [3.05, 3.63) is 57.8 Å². The summed E-state index contributed by atoms with van der Waals surface area (Å²) in [5.41, 5.74) is 1.01. The number of hydrogen-bond acceptors (Lipinski definition) is 2. The van der Waals surface area contributed by atoms with Gasteiger partial charge in [-0.05, 0) is 30.3 Å². The first kappa shape index (κ1) is 14.9. The predicted octanol–water partition coefficient (Wildman–Crippen LogP) is 2.80. The molecule has 0 spiro atoms. The molecule has 0 aliphatic carbocycles. The van der Waals surface area contributed by atoms with Gasteiger partial charge >= 0.3 is 0 Å². The molecule has 1 aromatic carbocycles. The molecule has 1 amide bonds. The van der Waals surface area contributed by atoms with Crippen LogP contribution in [0.4, 0.5) is 0 Å². The molecular formula is C14H14Cl2N2O2. The summed E-state index contributed by atoms with van der Waals surface area (Å²) in [7, 11) is 1.83. The van der Waals surface area contributed by atoms with Crippen LogP contribution < -0.4 is 5.32 Å². The third-order valence-electron chi connectivity index (χ3n) is 2.95. The van der Waals surface area contributed by atoms with Crippen LogP contribution in [0.3, 0.4) is 0 Å². The van der Waals surface area contributed by atoms with Crippen molar-refractivity contribution in [1.29, 1.82) is 0 Å². The van der Waals surface area contributed by atoms with Gasteiger partial charge in [0.25, 0.3) is 5.91 Å². The van der Waals surface area contributed by atoms with E-state index >= 15 is 0 Å². The van der Waals surface area contributed by atoms with Crippen molar-refractivity contribution in [1.82, 2.24) is 9.88 Å². The van der Waals surface area contributed by atoms with E-state index in [1.165, 1.54) is 6.07 Å². The molecule has 4 nitrogen and oxygen atoms in total. The van der Waals surface area contributed by atoms with Crippen molar-refractivity contribution in [2.75, 3.05) is 6.54 Å². The highest BCUT2D eigenvalue weighted by molar-refractivity contribution is 6.35. The zero-order valence-electron chi connectivity index (χ0n) is 10.8. The molecule has 0 radical (unpaired) electrons. The van der Waals surface area contributed by atoms with Crippen LogP contribution in [0, 0.1) is 0 Å². The Morgan fingerprint density at radius 2 is 2.15 bits per heavy atom. The molecule has 1 unspecified atom stereocenters. The number of aryl methyl sites for hydroxylation is 1. The van der Waals surface area contributed by atoms with Gasteiger partial charge in [-0.1, -0.05) is 23.2 Å². The lowest BCUT2D eigenvalue weighted by Crippen LogP contribution is -2.29. The van der Waals surface area contributed by atoms with Crippen LogP contribution in [-0.2, 0) is 7.05 Å². The molecule has 0 aliphatic heterocycles. The quantitative estimate of drug-likeness (QED) is 0.912. The number of amides is 1. The number of aromatic nitrogens is 1. The fraction of sp³-hybridized carbons (Fsp3) is 0.214. The monoisotopic (exact) mass is 312 g/mol. The number of hydrogen-bond donors (Lipinski definition) is 2. The first-order valence-corrected chi connectivity index (χ1v) is 6.77. The summed E-state index contributed by atoms with van der Waals surface area (Å²) in [4.78, 5) is 12.0. The number of rotatable bonds is 4. The molecule has 0 aliphatic rings. The number of aliphatic hydroxyl groups is 1. The maximum absolute atomic E-state index is 12.0. The van der Waals surface area contributed by atoms with Crippen molar-refractivity contribution in [2.24, 2.45) is 7.05 Å². The van der Waals surface area contributed by atoms with Gasteiger partial charge in [0, 0.05) is 30.5 Å². The van der Waals surface area contributed by atoms with E-state index in [2.05, 4.69) is 5.32 Å². The highest BCUT2D eigenvalue weighted by atomic mass is 35.5. The smallest absolute Gasteiger partial charge is 0.252 e. The van der Waals surface area contributed by atoms with Crippen LogP contribution in [0.5, 0.6) is 0 Å². The second kappa shape index (κ2) is 6.31. The molecular weight excluding hydrogens is 299 g/mol. The lowest BCUT2D eigenvalue weighted by molar-refractivity contribution is 0.0912. The van der Waals surface area contributed by atoms with E-state index in [0.29, 0.717) is 15.6 Å². The Labute approximate surface area is 126 Å². The first-order valence-electron chi connectivity index (χ1n) is 6.01. The van der Waals surface area contributed by atoms with Gasteiger partial charge in [-0.15, -0.1) is 0 Å². The standard InChI is InChI=1S/C14H14Cl2N2O2/c1-18-6-2-3-12(18)13(19)8-17-14(20)10-7-9(15)4-5-11(10)16/h2-7,13,19H,8H2,1H3,(H,17,20). The van der Waals surface area contributed by atoms with Crippen LogP contribution in [0.15, 0.2) is 36.5 Å². The Morgan fingerprint density at radius 3 is 2.80 bits per heavy atom. The van der Waals surface area contributed by atoms with E-state index in [0.717, 1.165) is 5.69 Å². The summed E-state index contributed by atoms with van der Waals surface area (Å²) in [6.07, 6.45) is 1.05. The van der Waals surface area contributed by atoms with Gasteiger partial charge < -0.3 is 15.0 Å². The highest BCUT2D eigenvalue weighted by Gasteiger charge is 2.15. The molecule has 0 fully saturated rings. The lowest BCUT2D eigenvalue weighted by atomic mass is 10.2. The van der Waals surface area contributed by atoms with Gasteiger partial charge in [0.05, 0.1) is 10.6 Å². The summed E-state index contributed by atoms with van der Waals surface area (Å²) >= 11 is 11.8. The summed E-state index contributed by atoms with van der Waals surface area (Å²) in [6.45, 7) is 0.0968. The van der Waals surface area contributed by atoms with E-state index < -0.39 is 6.10 Å².